The van der Waals surface area contributed by atoms with Gasteiger partial charge < -0.3 is 10.5 Å². The molecule has 7 heteroatoms. The number of aromatic nitrogens is 4. The molecule has 19 heavy (non-hydrogen) atoms. The van der Waals surface area contributed by atoms with Crippen molar-refractivity contribution < 1.29 is 4.74 Å². The minimum absolute atomic E-state index is 0.0133. The Morgan fingerprint density at radius 3 is 3.16 bits per heavy atom. The molecule has 0 saturated carbocycles. The Morgan fingerprint density at radius 1 is 1.53 bits per heavy atom. The second-order valence-corrected chi connectivity index (χ2v) is 5.99. The lowest BCUT2D eigenvalue weighted by atomic mass is 10.1. The van der Waals surface area contributed by atoms with Crippen molar-refractivity contribution in [3.63, 3.8) is 0 Å². The molecule has 0 bridgehead atoms. The fourth-order valence-corrected chi connectivity index (χ4v) is 3.22. The van der Waals surface area contributed by atoms with Crippen LogP contribution in [-0.4, -0.2) is 33.0 Å². The van der Waals surface area contributed by atoms with Crippen LogP contribution in [0.15, 0.2) is 0 Å². The molecule has 6 nitrogen and oxygen atoms in total. The quantitative estimate of drug-likeness (QED) is 0.905. The van der Waals surface area contributed by atoms with Crippen molar-refractivity contribution in [2.24, 2.45) is 5.73 Å². The van der Waals surface area contributed by atoms with Crippen LogP contribution < -0.4 is 5.73 Å². The average Bonchev–Trinajstić information content (AvgIpc) is 3.09. The van der Waals surface area contributed by atoms with Gasteiger partial charge in [0.25, 0.3) is 0 Å². The molecule has 1 aliphatic rings. The number of ether oxygens (including phenoxy) is 1. The highest BCUT2D eigenvalue weighted by molar-refractivity contribution is 7.16. The Bertz CT molecular complexity index is 545. The fraction of sp³-hybridized carbons (Fsp3) is 0.750. The maximum Gasteiger partial charge on any atom is 0.234 e. The van der Waals surface area contributed by atoms with Gasteiger partial charge in [0.1, 0.15) is 5.01 Å². The molecule has 1 saturated heterocycles. The van der Waals surface area contributed by atoms with Gasteiger partial charge in [-0.25, -0.2) is 0 Å². The van der Waals surface area contributed by atoms with Gasteiger partial charge in [-0.2, -0.15) is 9.61 Å². The standard InChI is InChI=1S/C12H19N5OS/c1-2-3-4-9(13)11-16-17-10(8-5-6-18-7-8)14-15-12(17)19-11/h8-9H,2-7,13H2,1H3. The van der Waals surface area contributed by atoms with Crippen LogP contribution in [-0.2, 0) is 4.74 Å². The van der Waals surface area contributed by atoms with Crippen molar-refractivity contribution >= 4 is 16.3 Å². The monoisotopic (exact) mass is 281 g/mol. The van der Waals surface area contributed by atoms with Crippen LogP contribution >= 0.6 is 11.3 Å². The van der Waals surface area contributed by atoms with Crippen molar-refractivity contribution in [3.05, 3.63) is 10.8 Å². The molecular formula is C12H19N5OS. The zero-order chi connectivity index (χ0) is 13.2. The molecule has 1 aliphatic heterocycles. The van der Waals surface area contributed by atoms with Crippen LogP contribution in [0, 0.1) is 0 Å². The highest BCUT2D eigenvalue weighted by Gasteiger charge is 2.25. The summed E-state index contributed by atoms with van der Waals surface area (Å²) in [5.41, 5.74) is 6.17. The van der Waals surface area contributed by atoms with E-state index in [2.05, 4.69) is 22.2 Å². The predicted molar refractivity (Wildman–Crippen MR) is 73.3 cm³/mol. The molecular weight excluding hydrogens is 262 g/mol. The van der Waals surface area contributed by atoms with Crippen molar-refractivity contribution in [2.45, 2.75) is 44.6 Å². The molecule has 0 aromatic carbocycles. The van der Waals surface area contributed by atoms with Crippen LogP contribution in [0.25, 0.3) is 4.96 Å². The molecule has 0 radical (unpaired) electrons. The summed E-state index contributed by atoms with van der Waals surface area (Å²) >= 11 is 1.55. The first-order valence-corrected chi connectivity index (χ1v) is 7.66. The number of hydrogen-bond acceptors (Lipinski definition) is 6. The van der Waals surface area contributed by atoms with Crippen molar-refractivity contribution in [2.75, 3.05) is 13.2 Å². The molecule has 1 fully saturated rings. The third-order valence-corrected chi connectivity index (χ3v) is 4.54. The normalized spacial score (nSPS) is 21.3. The number of hydrogen-bond donors (Lipinski definition) is 1. The van der Waals surface area contributed by atoms with Crippen LogP contribution in [0.4, 0.5) is 0 Å². The summed E-state index contributed by atoms with van der Waals surface area (Å²) in [7, 11) is 0. The van der Waals surface area contributed by atoms with E-state index in [1.54, 1.807) is 11.3 Å². The Labute approximate surface area is 116 Å². The van der Waals surface area contributed by atoms with Crippen molar-refractivity contribution in [1.29, 1.82) is 0 Å². The van der Waals surface area contributed by atoms with Gasteiger partial charge in [0.2, 0.25) is 4.96 Å². The summed E-state index contributed by atoms with van der Waals surface area (Å²) in [5.74, 6) is 1.23. The van der Waals surface area contributed by atoms with Crippen molar-refractivity contribution in [1.82, 2.24) is 19.8 Å². The van der Waals surface area contributed by atoms with Crippen LogP contribution in [0.1, 0.15) is 55.4 Å². The molecule has 3 heterocycles. The first kappa shape index (κ1) is 13.0. The van der Waals surface area contributed by atoms with Gasteiger partial charge in [0, 0.05) is 12.5 Å². The first-order valence-electron chi connectivity index (χ1n) is 6.85. The highest BCUT2D eigenvalue weighted by Crippen LogP contribution is 2.27. The minimum Gasteiger partial charge on any atom is -0.381 e. The second kappa shape index (κ2) is 5.52. The predicted octanol–water partition coefficient (Wildman–Crippen LogP) is 1.88. The van der Waals surface area contributed by atoms with Gasteiger partial charge in [-0.1, -0.05) is 31.1 Å². The number of fused-ring (bicyclic) bond motifs is 1. The fourth-order valence-electron chi connectivity index (χ4n) is 2.34. The van der Waals surface area contributed by atoms with Gasteiger partial charge in [-0.05, 0) is 12.8 Å². The first-order chi connectivity index (χ1) is 9.29. The molecule has 2 aromatic heterocycles. The smallest absolute Gasteiger partial charge is 0.234 e. The largest absolute Gasteiger partial charge is 0.381 e. The van der Waals surface area contributed by atoms with Crippen LogP contribution in [0.5, 0.6) is 0 Å². The van der Waals surface area contributed by atoms with Crippen LogP contribution in [0.3, 0.4) is 0 Å². The van der Waals surface area contributed by atoms with Gasteiger partial charge in [0.05, 0.1) is 12.6 Å². The molecule has 104 valence electrons. The van der Waals surface area contributed by atoms with Crippen molar-refractivity contribution in [3.8, 4) is 0 Å². The van der Waals surface area contributed by atoms with Gasteiger partial charge in [-0.15, -0.1) is 10.2 Å². The third-order valence-electron chi connectivity index (χ3n) is 3.51. The van der Waals surface area contributed by atoms with E-state index in [4.69, 9.17) is 10.5 Å². The number of nitrogens with two attached hydrogens (primary N) is 1. The van der Waals surface area contributed by atoms with Gasteiger partial charge >= 0.3 is 0 Å². The van der Waals surface area contributed by atoms with E-state index in [0.29, 0.717) is 5.92 Å². The molecule has 2 aromatic rings. The Hall–Kier alpha value is -1.05. The lowest BCUT2D eigenvalue weighted by molar-refractivity contribution is 0.193. The van der Waals surface area contributed by atoms with E-state index in [0.717, 1.165) is 54.7 Å². The van der Waals surface area contributed by atoms with E-state index in [1.165, 1.54) is 0 Å². The van der Waals surface area contributed by atoms with E-state index >= 15 is 0 Å². The van der Waals surface area contributed by atoms with Crippen LogP contribution in [0.2, 0.25) is 0 Å². The summed E-state index contributed by atoms with van der Waals surface area (Å²) in [6.07, 6.45) is 4.26. The van der Waals surface area contributed by atoms with E-state index in [1.807, 2.05) is 4.52 Å². The van der Waals surface area contributed by atoms with Gasteiger partial charge in [0.15, 0.2) is 5.82 Å². The Balaban J connectivity index is 1.84. The molecule has 0 aliphatic carbocycles. The lowest BCUT2D eigenvalue weighted by Gasteiger charge is -2.06. The van der Waals surface area contributed by atoms with E-state index in [9.17, 15) is 0 Å². The Morgan fingerprint density at radius 2 is 2.42 bits per heavy atom. The minimum atomic E-state index is 0.0133. The summed E-state index contributed by atoms with van der Waals surface area (Å²) < 4.78 is 7.26. The second-order valence-electron chi connectivity index (χ2n) is 5.00. The summed E-state index contributed by atoms with van der Waals surface area (Å²) in [5, 5.41) is 14.0. The van der Waals surface area contributed by atoms with Gasteiger partial charge in [-0.3, -0.25) is 0 Å². The highest BCUT2D eigenvalue weighted by atomic mass is 32.1. The third kappa shape index (κ3) is 2.50. The zero-order valence-corrected chi connectivity index (χ0v) is 11.9. The van der Waals surface area contributed by atoms with E-state index in [-0.39, 0.29) is 6.04 Å². The Kier molecular flexibility index (Phi) is 3.76. The van der Waals surface area contributed by atoms with E-state index < -0.39 is 0 Å². The zero-order valence-electron chi connectivity index (χ0n) is 11.1. The number of nitrogens with zero attached hydrogens (tertiary/aromatic N) is 4. The molecule has 2 N–H and O–H groups in total. The molecule has 3 rings (SSSR count). The topological polar surface area (TPSA) is 78.3 Å². The SMILES string of the molecule is CCCCC(N)c1nn2c(C3CCOC3)nnc2s1. The summed E-state index contributed by atoms with van der Waals surface area (Å²) in [6, 6.07) is 0.0133. The molecule has 0 amide bonds. The maximum absolute atomic E-state index is 6.17. The molecule has 0 spiro atoms. The summed E-state index contributed by atoms with van der Waals surface area (Å²) in [4.78, 5) is 0.837. The lowest BCUT2D eigenvalue weighted by Crippen LogP contribution is -2.11. The number of rotatable bonds is 5. The summed E-state index contributed by atoms with van der Waals surface area (Å²) in [6.45, 7) is 3.69. The average molecular weight is 281 g/mol. The molecule has 2 atom stereocenters. The number of unbranched alkanes of at least 4 members (excludes halogenated alkanes) is 1. The molecule has 2 unspecified atom stereocenters. The maximum atomic E-state index is 6.17.